The lowest BCUT2D eigenvalue weighted by molar-refractivity contribution is 0.184. The van der Waals surface area contributed by atoms with Crippen molar-refractivity contribution < 1.29 is 4.74 Å². The van der Waals surface area contributed by atoms with Gasteiger partial charge in [-0.25, -0.2) is 0 Å². The van der Waals surface area contributed by atoms with Gasteiger partial charge in [0, 0.05) is 13.7 Å². The zero-order valence-corrected chi connectivity index (χ0v) is 13.0. The second-order valence-electron chi connectivity index (χ2n) is 5.48. The van der Waals surface area contributed by atoms with Gasteiger partial charge >= 0.3 is 0 Å². The van der Waals surface area contributed by atoms with Crippen molar-refractivity contribution in [2.24, 2.45) is 0 Å². The van der Waals surface area contributed by atoms with E-state index in [4.69, 9.17) is 4.74 Å². The highest BCUT2D eigenvalue weighted by Crippen LogP contribution is 2.17. The van der Waals surface area contributed by atoms with Crippen LogP contribution in [0.5, 0.6) is 0 Å². The van der Waals surface area contributed by atoms with Crippen molar-refractivity contribution in [2.45, 2.75) is 32.4 Å². The number of ether oxygens (including phenoxy) is 1. The summed E-state index contributed by atoms with van der Waals surface area (Å²) in [5.74, 6) is 0.591. The maximum absolute atomic E-state index is 5.24. The van der Waals surface area contributed by atoms with Gasteiger partial charge in [0.25, 0.3) is 0 Å². The van der Waals surface area contributed by atoms with Gasteiger partial charge in [0.05, 0.1) is 6.61 Å². The van der Waals surface area contributed by atoms with Crippen LogP contribution in [0.3, 0.4) is 0 Å². The van der Waals surface area contributed by atoms with Gasteiger partial charge in [-0.2, -0.15) is 0 Å². The van der Waals surface area contributed by atoms with Gasteiger partial charge in [-0.3, -0.25) is 0 Å². The minimum absolute atomic E-state index is 0.591. The zero-order valence-electron chi connectivity index (χ0n) is 13.0. The lowest BCUT2D eigenvalue weighted by Crippen LogP contribution is -2.17. The van der Waals surface area contributed by atoms with E-state index in [0.717, 1.165) is 19.5 Å². The molecule has 0 radical (unpaired) electrons. The molecule has 112 valence electrons. The molecule has 1 atom stereocenters. The lowest BCUT2D eigenvalue weighted by Gasteiger charge is -2.13. The number of hydrogen-bond donors (Lipinski definition) is 1. The largest absolute Gasteiger partial charge is 0.380 e. The molecule has 0 saturated heterocycles. The summed E-state index contributed by atoms with van der Waals surface area (Å²) in [6, 6.07) is 19.2. The van der Waals surface area contributed by atoms with Crippen LogP contribution in [0.2, 0.25) is 0 Å². The number of nitrogens with one attached hydrogen (secondary N) is 1. The van der Waals surface area contributed by atoms with Gasteiger partial charge in [-0.05, 0) is 35.6 Å². The van der Waals surface area contributed by atoms with Gasteiger partial charge in [0.2, 0.25) is 0 Å². The molecule has 0 fully saturated rings. The van der Waals surface area contributed by atoms with Gasteiger partial charge in [0.15, 0.2) is 0 Å². The predicted molar refractivity (Wildman–Crippen MR) is 88.3 cm³/mol. The average molecular weight is 283 g/mol. The highest BCUT2D eigenvalue weighted by Gasteiger charge is 2.05. The van der Waals surface area contributed by atoms with Gasteiger partial charge in [-0.15, -0.1) is 0 Å². The van der Waals surface area contributed by atoms with Crippen LogP contribution in [0.4, 0.5) is 0 Å². The summed E-state index contributed by atoms with van der Waals surface area (Å²) in [6.45, 7) is 4.90. The van der Waals surface area contributed by atoms with E-state index >= 15 is 0 Å². The van der Waals surface area contributed by atoms with E-state index in [0.29, 0.717) is 12.5 Å². The highest BCUT2D eigenvalue weighted by molar-refractivity contribution is 5.26. The van der Waals surface area contributed by atoms with Crippen LogP contribution in [0.25, 0.3) is 0 Å². The zero-order chi connectivity index (χ0) is 14.9. The van der Waals surface area contributed by atoms with Crippen molar-refractivity contribution in [3.8, 4) is 0 Å². The van der Waals surface area contributed by atoms with Crippen LogP contribution in [0.15, 0.2) is 54.6 Å². The minimum atomic E-state index is 0.591. The third-order valence-corrected chi connectivity index (χ3v) is 3.86. The third-order valence-electron chi connectivity index (χ3n) is 3.86. The first kappa shape index (κ1) is 15.7. The Kier molecular flexibility index (Phi) is 6.45. The highest BCUT2D eigenvalue weighted by atomic mass is 16.5. The maximum Gasteiger partial charge on any atom is 0.0716 e. The average Bonchev–Trinajstić information content (AvgIpc) is 2.54. The Labute approximate surface area is 128 Å². The second-order valence-corrected chi connectivity index (χ2v) is 5.48. The second kappa shape index (κ2) is 8.60. The van der Waals surface area contributed by atoms with E-state index in [1.54, 1.807) is 7.11 Å². The number of hydrogen-bond acceptors (Lipinski definition) is 2. The molecule has 1 unspecified atom stereocenters. The topological polar surface area (TPSA) is 21.3 Å². The molecular weight excluding hydrogens is 258 g/mol. The van der Waals surface area contributed by atoms with E-state index in [2.05, 4.69) is 66.8 Å². The van der Waals surface area contributed by atoms with Crippen molar-refractivity contribution >= 4 is 0 Å². The molecule has 0 spiro atoms. The van der Waals surface area contributed by atoms with Crippen LogP contribution < -0.4 is 5.32 Å². The summed E-state index contributed by atoms with van der Waals surface area (Å²) in [5, 5.41) is 3.55. The molecule has 1 N–H and O–H groups in total. The molecule has 2 nitrogen and oxygen atoms in total. The monoisotopic (exact) mass is 283 g/mol. The Morgan fingerprint density at radius 1 is 0.952 bits per heavy atom. The molecule has 0 bridgehead atoms. The summed E-state index contributed by atoms with van der Waals surface area (Å²) in [4.78, 5) is 0. The summed E-state index contributed by atoms with van der Waals surface area (Å²) in [7, 11) is 1.74. The van der Waals surface area contributed by atoms with Crippen molar-refractivity contribution in [1.29, 1.82) is 0 Å². The van der Waals surface area contributed by atoms with Crippen LogP contribution in [0, 0.1) is 0 Å². The third kappa shape index (κ3) is 5.00. The number of benzene rings is 2. The van der Waals surface area contributed by atoms with E-state index in [1.807, 2.05) is 0 Å². The van der Waals surface area contributed by atoms with Crippen LogP contribution in [-0.2, 0) is 17.9 Å². The summed E-state index contributed by atoms with van der Waals surface area (Å²) >= 11 is 0. The molecule has 0 aromatic heterocycles. The molecule has 0 aliphatic carbocycles. The van der Waals surface area contributed by atoms with E-state index in [9.17, 15) is 0 Å². The lowest BCUT2D eigenvalue weighted by atomic mass is 9.98. The molecule has 0 saturated carbocycles. The van der Waals surface area contributed by atoms with Crippen molar-refractivity contribution in [3.05, 3.63) is 71.3 Å². The fraction of sp³-hybridized carbons (Fsp3) is 0.368. The molecular formula is C19H25NO. The molecule has 0 aliphatic heterocycles. The Morgan fingerprint density at radius 2 is 1.62 bits per heavy atom. The number of methoxy groups -OCH3 is 1. The molecule has 0 aliphatic rings. The van der Waals surface area contributed by atoms with Crippen molar-refractivity contribution in [1.82, 2.24) is 5.32 Å². The van der Waals surface area contributed by atoms with Crippen LogP contribution in [0.1, 0.15) is 36.0 Å². The Balaban J connectivity index is 1.77. The SMILES string of the molecule is COCc1ccccc1CNCCC(C)c1ccccc1. The fourth-order valence-electron chi connectivity index (χ4n) is 2.52. The van der Waals surface area contributed by atoms with E-state index in [1.165, 1.54) is 16.7 Å². The summed E-state index contributed by atoms with van der Waals surface area (Å²) in [5.41, 5.74) is 4.01. The molecule has 2 aromatic carbocycles. The van der Waals surface area contributed by atoms with E-state index in [-0.39, 0.29) is 0 Å². The van der Waals surface area contributed by atoms with Crippen LogP contribution >= 0.6 is 0 Å². The predicted octanol–water partition coefficient (Wildman–Crippen LogP) is 4.12. The minimum Gasteiger partial charge on any atom is -0.380 e. The van der Waals surface area contributed by atoms with E-state index < -0.39 is 0 Å². The standard InChI is InChI=1S/C19H25NO/c1-16(17-8-4-3-5-9-17)12-13-20-14-18-10-6-7-11-19(18)15-21-2/h3-11,16,20H,12-15H2,1-2H3. The smallest absolute Gasteiger partial charge is 0.0716 e. The first-order valence-electron chi connectivity index (χ1n) is 7.62. The first-order chi connectivity index (χ1) is 10.3. The Bertz CT molecular complexity index is 524. The molecule has 0 amide bonds. The maximum atomic E-state index is 5.24. The Hall–Kier alpha value is -1.64. The quantitative estimate of drug-likeness (QED) is 0.736. The Morgan fingerprint density at radius 3 is 2.33 bits per heavy atom. The fourth-order valence-corrected chi connectivity index (χ4v) is 2.52. The molecule has 2 heteroatoms. The normalized spacial score (nSPS) is 12.3. The first-order valence-corrected chi connectivity index (χ1v) is 7.62. The summed E-state index contributed by atoms with van der Waals surface area (Å²) in [6.07, 6.45) is 1.15. The van der Waals surface area contributed by atoms with Crippen molar-refractivity contribution in [3.63, 3.8) is 0 Å². The number of rotatable bonds is 8. The molecule has 2 rings (SSSR count). The van der Waals surface area contributed by atoms with Gasteiger partial charge < -0.3 is 10.1 Å². The molecule has 21 heavy (non-hydrogen) atoms. The van der Waals surface area contributed by atoms with Crippen LogP contribution in [-0.4, -0.2) is 13.7 Å². The van der Waals surface area contributed by atoms with Crippen molar-refractivity contribution in [2.75, 3.05) is 13.7 Å². The summed E-state index contributed by atoms with van der Waals surface area (Å²) < 4.78 is 5.24. The van der Waals surface area contributed by atoms with Gasteiger partial charge in [-0.1, -0.05) is 61.5 Å². The van der Waals surface area contributed by atoms with Gasteiger partial charge in [0.1, 0.15) is 0 Å². The molecule has 0 heterocycles. The molecule has 2 aromatic rings.